The summed E-state index contributed by atoms with van der Waals surface area (Å²) in [6, 6.07) is 9.59. The van der Waals surface area contributed by atoms with Crippen molar-refractivity contribution in [2.75, 3.05) is 23.8 Å². The van der Waals surface area contributed by atoms with Gasteiger partial charge in [-0.15, -0.1) is 0 Å². The number of anilines is 2. The molecule has 2 heterocycles. The summed E-state index contributed by atoms with van der Waals surface area (Å²) in [5.74, 6) is 0.965. The van der Waals surface area contributed by atoms with Crippen LogP contribution in [-0.4, -0.2) is 28.9 Å². The van der Waals surface area contributed by atoms with Crippen LogP contribution in [0.1, 0.15) is 49.4 Å². The van der Waals surface area contributed by atoms with Gasteiger partial charge in [-0.25, -0.2) is 0 Å². The van der Waals surface area contributed by atoms with Crippen LogP contribution in [-0.2, 0) is 11.2 Å². The minimum Gasteiger partial charge on any atom is -0.463 e. The first-order valence-electron chi connectivity index (χ1n) is 9.11. The van der Waals surface area contributed by atoms with Gasteiger partial charge in [0.1, 0.15) is 11.6 Å². The van der Waals surface area contributed by atoms with Crippen LogP contribution in [0.3, 0.4) is 0 Å². The number of nitrogens with zero attached hydrogens (tertiary/aromatic N) is 4. The highest BCUT2D eigenvalue weighted by Gasteiger charge is 2.31. The van der Waals surface area contributed by atoms with Gasteiger partial charge in [0.05, 0.1) is 30.8 Å². The van der Waals surface area contributed by atoms with Crippen molar-refractivity contribution >= 4 is 17.4 Å². The van der Waals surface area contributed by atoms with E-state index in [1.165, 1.54) is 0 Å². The van der Waals surface area contributed by atoms with E-state index >= 15 is 0 Å². The van der Waals surface area contributed by atoms with E-state index in [1.54, 1.807) is 6.07 Å². The molecule has 1 aromatic carbocycles. The van der Waals surface area contributed by atoms with E-state index in [1.807, 2.05) is 30.0 Å². The number of hydrogen-bond acceptors (Lipinski definition) is 7. The predicted molar refractivity (Wildman–Crippen MR) is 102 cm³/mol. The molecular weight excluding hydrogens is 342 g/mol. The zero-order chi connectivity index (χ0) is 19.4. The molecule has 0 aliphatic carbocycles. The molecule has 0 saturated carbocycles. The molecule has 1 aromatic heterocycles. The Kier molecular flexibility index (Phi) is 5.55. The Bertz CT molecular complexity index is 890. The van der Waals surface area contributed by atoms with Crippen molar-refractivity contribution in [2.24, 2.45) is 0 Å². The third-order valence-corrected chi connectivity index (χ3v) is 4.68. The Hall–Kier alpha value is -3.14. The van der Waals surface area contributed by atoms with Gasteiger partial charge in [-0.2, -0.15) is 15.2 Å². The van der Waals surface area contributed by atoms with E-state index in [0.29, 0.717) is 23.6 Å². The molecule has 3 rings (SSSR count). The minimum atomic E-state index is -0.154. The van der Waals surface area contributed by atoms with Crippen molar-refractivity contribution < 1.29 is 9.53 Å². The lowest BCUT2D eigenvalue weighted by Gasteiger charge is -2.35. The Morgan fingerprint density at radius 2 is 2.22 bits per heavy atom. The summed E-state index contributed by atoms with van der Waals surface area (Å²) in [7, 11) is 0. The fourth-order valence-corrected chi connectivity index (χ4v) is 3.13. The fourth-order valence-electron chi connectivity index (χ4n) is 3.13. The third-order valence-electron chi connectivity index (χ3n) is 4.68. The zero-order valence-corrected chi connectivity index (χ0v) is 15.6. The molecule has 0 radical (unpaired) electrons. The second-order valence-corrected chi connectivity index (χ2v) is 6.65. The molecule has 1 aliphatic heterocycles. The molecule has 0 spiro atoms. The monoisotopic (exact) mass is 365 g/mol. The number of fused-ring (bicyclic) bond motifs is 1. The van der Waals surface area contributed by atoms with E-state index in [2.05, 4.69) is 23.0 Å². The van der Waals surface area contributed by atoms with Crippen molar-refractivity contribution in [2.45, 2.75) is 39.2 Å². The Labute approximate surface area is 158 Å². The number of ketones is 1. The molecule has 0 saturated heterocycles. The second-order valence-electron chi connectivity index (χ2n) is 6.65. The summed E-state index contributed by atoms with van der Waals surface area (Å²) in [6.07, 6.45) is 2.13. The highest BCUT2D eigenvalue weighted by atomic mass is 16.5. The van der Waals surface area contributed by atoms with Gasteiger partial charge >= 0.3 is 6.01 Å². The number of hydrogen-bond donors (Lipinski definition) is 1. The lowest BCUT2D eigenvalue weighted by atomic mass is 9.99. The number of Topliss-reactive ketones (excluding diaryl/α,β-unsaturated/α-hetero) is 1. The number of carbonyl (C=O) groups is 1. The normalized spacial score (nSPS) is 14.4. The molecule has 1 atom stereocenters. The van der Waals surface area contributed by atoms with Gasteiger partial charge in [0, 0.05) is 12.0 Å². The summed E-state index contributed by atoms with van der Waals surface area (Å²) in [6.45, 7) is 4.81. The number of benzene rings is 1. The van der Waals surface area contributed by atoms with E-state index in [9.17, 15) is 4.79 Å². The number of nitrogen functional groups attached to an aromatic ring is 1. The largest absolute Gasteiger partial charge is 0.463 e. The van der Waals surface area contributed by atoms with E-state index in [4.69, 9.17) is 15.7 Å². The first kappa shape index (κ1) is 18.6. The molecule has 7 heteroatoms. The van der Waals surface area contributed by atoms with E-state index < -0.39 is 0 Å². The second kappa shape index (κ2) is 8.04. The quantitative estimate of drug-likeness (QED) is 0.785. The maximum absolute atomic E-state index is 12.3. The molecule has 2 N–H and O–H groups in total. The molecule has 0 amide bonds. The van der Waals surface area contributed by atoms with Crippen molar-refractivity contribution in [3.8, 4) is 12.1 Å². The highest BCUT2D eigenvalue weighted by Crippen LogP contribution is 2.35. The van der Waals surface area contributed by atoms with Gasteiger partial charge in [-0.1, -0.05) is 25.5 Å². The van der Waals surface area contributed by atoms with Crippen molar-refractivity contribution in [3.63, 3.8) is 0 Å². The number of aromatic nitrogens is 2. The van der Waals surface area contributed by atoms with Crippen molar-refractivity contribution in [1.82, 2.24) is 9.97 Å². The SMILES string of the molecule is CCCCOc1nc(N)c2c(n1)N(C(C)c1cccc(C#N)c1)CC(=O)C2. The third kappa shape index (κ3) is 4.00. The number of unbranched alkanes of at least 4 members (excludes halogenated alkanes) is 1. The average Bonchev–Trinajstić information content (AvgIpc) is 2.68. The van der Waals surface area contributed by atoms with Gasteiger partial charge in [0.15, 0.2) is 5.78 Å². The summed E-state index contributed by atoms with van der Waals surface area (Å²) < 4.78 is 5.63. The molecular formula is C20H23N5O2. The van der Waals surface area contributed by atoms with Crippen LogP contribution in [0.25, 0.3) is 0 Å². The lowest BCUT2D eigenvalue weighted by molar-refractivity contribution is -0.117. The van der Waals surface area contributed by atoms with Gasteiger partial charge in [-0.05, 0) is 31.0 Å². The molecule has 0 bridgehead atoms. The maximum Gasteiger partial charge on any atom is 0.320 e. The molecule has 7 nitrogen and oxygen atoms in total. The summed E-state index contributed by atoms with van der Waals surface area (Å²) in [4.78, 5) is 23.0. The van der Waals surface area contributed by atoms with Crippen LogP contribution >= 0.6 is 0 Å². The average molecular weight is 365 g/mol. The zero-order valence-electron chi connectivity index (χ0n) is 15.6. The minimum absolute atomic E-state index is 0.0562. The standard InChI is InChI=1S/C20H23N5O2/c1-3-4-8-27-20-23-18(22)17-10-16(26)12-25(19(17)24-20)13(2)15-7-5-6-14(9-15)11-21/h5-7,9,13H,3-4,8,10,12H2,1-2H3,(H2,22,23,24). The Balaban J connectivity index is 1.97. The van der Waals surface area contributed by atoms with Gasteiger partial charge in [0.25, 0.3) is 0 Å². The summed E-state index contributed by atoms with van der Waals surface area (Å²) >= 11 is 0. The smallest absolute Gasteiger partial charge is 0.320 e. The van der Waals surface area contributed by atoms with E-state index in [0.717, 1.165) is 18.4 Å². The lowest BCUT2D eigenvalue weighted by Crippen LogP contribution is -2.39. The van der Waals surface area contributed by atoms with Crippen molar-refractivity contribution in [1.29, 1.82) is 5.26 Å². The number of nitrogens with two attached hydrogens (primary N) is 1. The maximum atomic E-state index is 12.3. The van der Waals surface area contributed by atoms with Crippen LogP contribution < -0.4 is 15.4 Å². The van der Waals surface area contributed by atoms with Gasteiger partial charge < -0.3 is 15.4 Å². The summed E-state index contributed by atoms with van der Waals surface area (Å²) in [5, 5.41) is 9.16. The first-order chi connectivity index (χ1) is 13.0. The number of rotatable bonds is 6. The Morgan fingerprint density at radius 3 is 2.96 bits per heavy atom. The molecule has 0 fully saturated rings. The highest BCUT2D eigenvalue weighted by molar-refractivity contribution is 5.91. The first-order valence-corrected chi connectivity index (χ1v) is 9.11. The number of carbonyl (C=O) groups excluding carboxylic acids is 1. The molecule has 27 heavy (non-hydrogen) atoms. The van der Waals surface area contributed by atoms with E-state index in [-0.39, 0.29) is 36.6 Å². The van der Waals surface area contributed by atoms with Crippen LogP contribution in [0.4, 0.5) is 11.6 Å². The number of nitriles is 1. The van der Waals surface area contributed by atoms with Crippen LogP contribution in [0.15, 0.2) is 24.3 Å². The molecule has 1 aliphatic rings. The molecule has 1 unspecified atom stereocenters. The molecule has 140 valence electrons. The van der Waals surface area contributed by atoms with Gasteiger partial charge in [0.2, 0.25) is 0 Å². The van der Waals surface area contributed by atoms with Gasteiger partial charge in [-0.3, -0.25) is 4.79 Å². The topological polar surface area (TPSA) is 105 Å². The Morgan fingerprint density at radius 1 is 1.41 bits per heavy atom. The van der Waals surface area contributed by atoms with Crippen LogP contribution in [0, 0.1) is 11.3 Å². The fraction of sp³-hybridized carbons (Fsp3) is 0.400. The van der Waals surface area contributed by atoms with Crippen LogP contribution in [0.5, 0.6) is 6.01 Å². The number of ether oxygens (including phenoxy) is 1. The molecule has 2 aromatic rings. The van der Waals surface area contributed by atoms with Crippen LogP contribution in [0.2, 0.25) is 0 Å². The van der Waals surface area contributed by atoms with Crippen molar-refractivity contribution in [3.05, 3.63) is 41.0 Å². The summed E-state index contributed by atoms with van der Waals surface area (Å²) in [5.41, 5.74) is 8.25. The predicted octanol–water partition coefficient (Wildman–Crippen LogP) is 2.80.